The number of phenolic OH excluding ortho intramolecular Hbond substituents is 1. The van der Waals surface area contributed by atoms with Crippen molar-refractivity contribution in [1.29, 1.82) is 0 Å². The maximum atomic E-state index is 12.3. The molecule has 138 valence electrons. The Morgan fingerprint density at radius 1 is 0.962 bits per heavy atom. The molecule has 0 aliphatic carbocycles. The number of hydrogen-bond donors (Lipinski definition) is 2. The van der Waals surface area contributed by atoms with Crippen LogP contribution < -0.4 is 24.4 Å². The molecule has 0 saturated carbocycles. The molecule has 0 aromatic heterocycles. The number of aromatic hydroxyl groups is 1. The van der Waals surface area contributed by atoms with Crippen LogP contribution in [0.2, 0.25) is 0 Å². The van der Waals surface area contributed by atoms with Crippen molar-refractivity contribution >= 4 is 12.1 Å². The van der Waals surface area contributed by atoms with Crippen LogP contribution in [0, 0.1) is 0 Å². The second kappa shape index (κ2) is 8.61. The Kier molecular flexibility index (Phi) is 6.26. The Morgan fingerprint density at radius 2 is 1.58 bits per heavy atom. The van der Waals surface area contributed by atoms with Crippen molar-refractivity contribution in [3.05, 3.63) is 41.5 Å². The lowest BCUT2D eigenvalue weighted by Gasteiger charge is -2.13. The standard InChI is InChI=1S/C18H20N2O6/c1-23-14-6-5-11(7-13(14)21)10-19-20-18(22)12-8-15(24-2)17(26-4)16(9-12)25-3/h5-10,21H,1-4H3,(H,20,22)/b19-10+. The molecule has 0 radical (unpaired) electrons. The lowest BCUT2D eigenvalue weighted by atomic mass is 10.1. The van der Waals surface area contributed by atoms with E-state index in [0.717, 1.165) is 0 Å². The van der Waals surface area contributed by atoms with Crippen LogP contribution in [0.1, 0.15) is 15.9 Å². The molecule has 8 nitrogen and oxygen atoms in total. The fraction of sp³-hybridized carbons (Fsp3) is 0.222. The van der Waals surface area contributed by atoms with Crippen LogP contribution in [0.25, 0.3) is 0 Å². The van der Waals surface area contributed by atoms with E-state index in [0.29, 0.717) is 28.6 Å². The van der Waals surface area contributed by atoms with Crippen LogP contribution in [0.4, 0.5) is 0 Å². The summed E-state index contributed by atoms with van der Waals surface area (Å²) in [6.45, 7) is 0. The molecule has 0 atom stereocenters. The van der Waals surface area contributed by atoms with E-state index in [2.05, 4.69) is 10.5 Å². The lowest BCUT2D eigenvalue weighted by molar-refractivity contribution is 0.0954. The summed E-state index contributed by atoms with van der Waals surface area (Å²) in [4.78, 5) is 12.3. The molecule has 8 heteroatoms. The Balaban J connectivity index is 2.16. The normalized spacial score (nSPS) is 10.5. The quantitative estimate of drug-likeness (QED) is 0.580. The minimum absolute atomic E-state index is 0.0209. The van der Waals surface area contributed by atoms with Gasteiger partial charge in [0.2, 0.25) is 5.75 Å². The van der Waals surface area contributed by atoms with Gasteiger partial charge in [-0.1, -0.05) is 0 Å². The van der Waals surface area contributed by atoms with Crippen molar-refractivity contribution in [3.8, 4) is 28.7 Å². The van der Waals surface area contributed by atoms with Gasteiger partial charge < -0.3 is 24.1 Å². The highest BCUT2D eigenvalue weighted by atomic mass is 16.5. The number of amides is 1. The first-order valence-corrected chi connectivity index (χ1v) is 7.54. The molecular formula is C18H20N2O6. The van der Waals surface area contributed by atoms with E-state index in [1.165, 1.54) is 52.9 Å². The van der Waals surface area contributed by atoms with Gasteiger partial charge in [0, 0.05) is 5.56 Å². The summed E-state index contributed by atoms with van der Waals surface area (Å²) >= 11 is 0. The summed E-state index contributed by atoms with van der Waals surface area (Å²) < 4.78 is 20.6. The first-order chi connectivity index (χ1) is 12.5. The third-order valence-electron chi connectivity index (χ3n) is 3.51. The summed E-state index contributed by atoms with van der Waals surface area (Å²) in [6, 6.07) is 7.79. The van der Waals surface area contributed by atoms with E-state index < -0.39 is 5.91 Å². The van der Waals surface area contributed by atoms with E-state index in [4.69, 9.17) is 18.9 Å². The van der Waals surface area contributed by atoms with Gasteiger partial charge in [0.1, 0.15) is 0 Å². The minimum atomic E-state index is -0.460. The molecule has 26 heavy (non-hydrogen) atoms. The third-order valence-corrected chi connectivity index (χ3v) is 3.51. The molecule has 2 aromatic carbocycles. The number of hydrazone groups is 1. The first-order valence-electron chi connectivity index (χ1n) is 7.54. The highest BCUT2D eigenvalue weighted by molar-refractivity contribution is 5.96. The smallest absolute Gasteiger partial charge is 0.271 e. The van der Waals surface area contributed by atoms with Gasteiger partial charge in [0.15, 0.2) is 23.0 Å². The van der Waals surface area contributed by atoms with Gasteiger partial charge in [-0.2, -0.15) is 5.10 Å². The largest absolute Gasteiger partial charge is 0.504 e. The van der Waals surface area contributed by atoms with Crippen LogP contribution >= 0.6 is 0 Å². The molecule has 2 rings (SSSR count). The van der Waals surface area contributed by atoms with Gasteiger partial charge in [-0.3, -0.25) is 4.79 Å². The lowest BCUT2D eigenvalue weighted by Crippen LogP contribution is -2.18. The van der Waals surface area contributed by atoms with Crippen molar-refractivity contribution in [1.82, 2.24) is 5.43 Å². The number of rotatable bonds is 7. The topological polar surface area (TPSA) is 98.6 Å². The van der Waals surface area contributed by atoms with Crippen LogP contribution in [-0.4, -0.2) is 45.7 Å². The summed E-state index contributed by atoms with van der Waals surface area (Å²) in [5.41, 5.74) is 3.28. The molecule has 0 unspecified atom stereocenters. The number of nitrogens with zero attached hydrogens (tertiary/aromatic N) is 1. The zero-order valence-corrected chi connectivity index (χ0v) is 14.9. The molecule has 0 saturated heterocycles. The SMILES string of the molecule is COc1ccc(/C=N/NC(=O)c2cc(OC)c(OC)c(OC)c2)cc1O. The molecule has 0 bridgehead atoms. The summed E-state index contributed by atoms with van der Waals surface area (Å²) in [5, 5.41) is 13.6. The number of methoxy groups -OCH3 is 4. The Labute approximate surface area is 151 Å². The maximum absolute atomic E-state index is 12.3. The highest BCUT2D eigenvalue weighted by Crippen LogP contribution is 2.38. The maximum Gasteiger partial charge on any atom is 0.271 e. The van der Waals surface area contributed by atoms with Crippen LogP contribution in [0.3, 0.4) is 0 Å². The molecule has 2 N–H and O–H groups in total. The zero-order chi connectivity index (χ0) is 19.1. The van der Waals surface area contributed by atoms with Gasteiger partial charge in [-0.15, -0.1) is 0 Å². The van der Waals surface area contributed by atoms with Gasteiger partial charge in [0.05, 0.1) is 34.7 Å². The van der Waals surface area contributed by atoms with E-state index >= 15 is 0 Å². The monoisotopic (exact) mass is 360 g/mol. The van der Waals surface area contributed by atoms with Gasteiger partial charge in [0.25, 0.3) is 5.91 Å². The first kappa shape index (κ1) is 18.9. The van der Waals surface area contributed by atoms with Crippen LogP contribution in [0.15, 0.2) is 35.4 Å². The average molecular weight is 360 g/mol. The molecule has 0 spiro atoms. The van der Waals surface area contributed by atoms with E-state index in [1.807, 2.05) is 0 Å². The predicted octanol–water partition coefficient (Wildman–Crippen LogP) is 2.19. The summed E-state index contributed by atoms with van der Waals surface area (Å²) in [7, 11) is 5.87. The summed E-state index contributed by atoms with van der Waals surface area (Å²) in [6.07, 6.45) is 1.40. The van der Waals surface area contributed by atoms with E-state index in [-0.39, 0.29) is 11.3 Å². The molecular weight excluding hydrogens is 340 g/mol. The van der Waals surface area contributed by atoms with Gasteiger partial charge in [-0.25, -0.2) is 5.43 Å². The zero-order valence-electron chi connectivity index (χ0n) is 14.9. The predicted molar refractivity (Wildman–Crippen MR) is 95.8 cm³/mol. The molecule has 1 amide bonds. The molecule has 2 aromatic rings. The van der Waals surface area contributed by atoms with Crippen LogP contribution in [0.5, 0.6) is 28.7 Å². The summed E-state index contributed by atoms with van der Waals surface area (Å²) in [5.74, 6) is 0.986. The fourth-order valence-electron chi connectivity index (χ4n) is 2.23. The fourth-order valence-corrected chi connectivity index (χ4v) is 2.23. The third kappa shape index (κ3) is 4.15. The number of benzene rings is 2. The van der Waals surface area contributed by atoms with Crippen molar-refractivity contribution < 1.29 is 28.8 Å². The highest BCUT2D eigenvalue weighted by Gasteiger charge is 2.16. The molecule has 0 heterocycles. The van der Waals surface area contributed by atoms with Crippen LogP contribution in [-0.2, 0) is 0 Å². The number of phenols is 1. The van der Waals surface area contributed by atoms with Gasteiger partial charge >= 0.3 is 0 Å². The number of carbonyl (C=O) groups is 1. The number of carbonyl (C=O) groups excluding carboxylic acids is 1. The average Bonchev–Trinajstić information content (AvgIpc) is 2.66. The number of hydrogen-bond acceptors (Lipinski definition) is 7. The molecule has 0 aliphatic rings. The second-order valence-electron chi connectivity index (χ2n) is 5.04. The Morgan fingerprint density at radius 3 is 2.08 bits per heavy atom. The minimum Gasteiger partial charge on any atom is -0.504 e. The van der Waals surface area contributed by atoms with Gasteiger partial charge in [-0.05, 0) is 35.9 Å². The van der Waals surface area contributed by atoms with E-state index in [1.54, 1.807) is 12.1 Å². The van der Waals surface area contributed by atoms with Crippen molar-refractivity contribution in [2.24, 2.45) is 5.10 Å². The molecule has 0 aliphatic heterocycles. The Bertz CT molecular complexity index is 794. The number of ether oxygens (including phenoxy) is 4. The van der Waals surface area contributed by atoms with E-state index in [9.17, 15) is 9.90 Å². The molecule has 0 fully saturated rings. The number of nitrogens with one attached hydrogen (secondary N) is 1. The van der Waals surface area contributed by atoms with Crippen molar-refractivity contribution in [3.63, 3.8) is 0 Å². The van der Waals surface area contributed by atoms with Crippen molar-refractivity contribution in [2.75, 3.05) is 28.4 Å². The van der Waals surface area contributed by atoms with Crippen molar-refractivity contribution in [2.45, 2.75) is 0 Å². The Hall–Kier alpha value is -3.42. The second-order valence-corrected chi connectivity index (χ2v) is 5.04.